The van der Waals surface area contributed by atoms with Gasteiger partial charge < -0.3 is 9.64 Å². The number of hydrogen-bond donors (Lipinski definition) is 0. The number of thiazole rings is 1. The number of benzene rings is 1. The molecule has 3 heterocycles. The molecule has 0 unspecified atom stereocenters. The zero-order valence-electron chi connectivity index (χ0n) is 12.6. The van der Waals surface area contributed by atoms with Gasteiger partial charge in [-0.2, -0.15) is 4.98 Å². The first kappa shape index (κ1) is 14.1. The van der Waals surface area contributed by atoms with Crippen LogP contribution in [-0.2, 0) is 0 Å². The highest BCUT2D eigenvalue weighted by Gasteiger charge is 2.15. The molecule has 0 N–H and O–H groups in total. The lowest BCUT2D eigenvalue weighted by Gasteiger charge is -2.15. The zero-order valence-corrected chi connectivity index (χ0v) is 13.4. The van der Waals surface area contributed by atoms with E-state index in [9.17, 15) is 0 Å². The predicted molar refractivity (Wildman–Crippen MR) is 91.1 cm³/mol. The first-order chi connectivity index (χ1) is 11.4. The summed E-state index contributed by atoms with van der Waals surface area (Å²) in [7, 11) is 0. The van der Waals surface area contributed by atoms with Crippen molar-refractivity contribution in [1.29, 1.82) is 0 Å². The molecular weight excluding hydrogens is 308 g/mol. The van der Waals surface area contributed by atoms with Crippen LogP contribution in [0.4, 0.5) is 5.95 Å². The molecule has 0 bridgehead atoms. The normalized spacial score (nSPS) is 14.2. The van der Waals surface area contributed by atoms with E-state index in [0.29, 0.717) is 5.88 Å². The fraction of sp³-hybridized carbons (Fsp3) is 0.235. The minimum Gasteiger partial charge on any atom is -0.439 e. The molecular formula is C17H16N4OS. The maximum absolute atomic E-state index is 5.86. The Morgan fingerprint density at radius 1 is 1.00 bits per heavy atom. The maximum atomic E-state index is 5.86. The van der Waals surface area contributed by atoms with Crippen LogP contribution in [0.5, 0.6) is 11.6 Å². The van der Waals surface area contributed by atoms with E-state index in [1.54, 1.807) is 23.6 Å². The zero-order chi connectivity index (χ0) is 15.5. The second-order valence-electron chi connectivity index (χ2n) is 5.39. The van der Waals surface area contributed by atoms with Gasteiger partial charge in [0, 0.05) is 36.3 Å². The fourth-order valence-electron chi connectivity index (χ4n) is 2.63. The first-order valence-corrected chi connectivity index (χ1v) is 8.57. The van der Waals surface area contributed by atoms with Gasteiger partial charge in [0.05, 0.1) is 11.2 Å². The molecule has 0 saturated carbocycles. The molecule has 1 fully saturated rings. The van der Waals surface area contributed by atoms with Gasteiger partial charge in [0.25, 0.3) is 0 Å². The molecule has 4 rings (SSSR count). The highest BCUT2D eigenvalue weighted by molar-refractivity contribution is 7.07. The van der Waals surface area contributed by atoms with Crippen LogP contribution in [0.1, 0.15) is 12.8 Å². The summed E-state index contributed by atoms with van der Waals surface area (Å²) in [5, 5.41) is 2.03. The van der Waals surface area contributed by atoms with E-state index >= 15 is 0 Å². The molecule has 0 spiro atoms. The van der Waals surface area contributed by atoms with Crippen molar-refractivity contribution in [1.82, 2.24) is 15.0 Å². The van der Waals surface area contributed by atoms with Gasteiger partial charge in [-0.15, -0.1) is 11.3 Å². The highest BCUT2D eigenvalue weighted by Crippen LogP contribution is 2.26. The Bertz CT molecular complexity index is 768. The standard InChI is InChI=1S/C17H16N4OS/c1-2-10-21(9-1)17-18-8-7-16(20-17)22-14-5-3-13(4-6-14)15-11-23-12-19-15/h3-8,11-12H,1-2,9-10H2. The summed E-state index contributed by atoms with van der Waals surface area (Å²) in [6.45, 7) is 2.04. The smallest absolute Gasteiger partial charge is 0.228 e. The van der Waals surface area contributed by atoms with Crippen molar-refractivity contribution in [3.8, 4) is 22.9 Å². The van der Waals surface area contributed by atoms with Crippen molar-refractivity contribution in [3.05, 3.63) is 47.4 Å². The Kier molecular flexibility index (Phi) is 3.90. The summed E-state index contributed by atoms with van der Waals surface area (Å²) >= 11 is 1.59. The van der Waals surface area contributed by atoms with Crippen molar-refractivity contribution in [2.24, 2.45) is 0 Å². The van der Waals surface area contributed by atoms with Gasteiger partial charge in [-0.3, -0.25) is 0 Å². The molecule has 1 saturated heterocycles. The van der Waals surface area contributed by atoms with E-state index in [2.05, 4.69) is 19.9 Å². The van der Waals surface area contributed by atoms with Crippen molar-refractivity contribution >= 4 is 17.3 Å². The van der Waals surface area contributed by atoms with Crippen LogP contribution in [0.25, 0.3) is 11.3 Å². The number of ether oxygens (including phenoxy) is 1. The molecule has 0 radical (unpaired) electrons. The van der Waals surface area contributed by atoms with Gasteiger partial charge in [-0.05, 0) is 37.1 Å². The van der Waals surface area contributed by atoms with Gasteiger partial charge in [-0.1, -0.05) is 0 Å². The number of hydrogen-bond acceptors (Lipinski definition) is 6. The maximum Gasteiger partial charge on any atom is 0.228 e. The third kappa shape index (κ3) is 3.17. The van der Waals surface area contributed by atoms with Crippen LogP contribution in [-0.4, -0.2) is 28.0 Å². The number of aromatic nitrogens is 3. The van der Waals surface area contributed by atoms with Gasteiger partial charge in [0.15, 0.2) is 0 Å². The van der Waals surface area contributed by atoms with Crippen molar-refractivity contribution < 1.29 is 4.74 Å². The summed E-state index contributed by atoms with van der Waals surface area (Å²) < 4.78 is 5.86. The first-order valence-electron chi connectivity index (χ1n) is 7.63. The Balaban J connectivity index is 1.50. The van der Waals surface area contributed by atoms with Crippen LogP contribution in [0, 0.1) is 0 Å². The van der Waals surface area contributed by atoms with Gasteiger partial charge in [0.2, 0.25) is 11.8 Å². The monoisotopic (exact) mass is 324 g/mol. The largest absolute Gasteiger partial charge is 0.439 e. The molecule has 0 amide bonds. The molecule has 23 heavy (non-hydrogen) atoms. The van der Waals surface area contributed by atoms with Crippen LogP contribution >= 0.6 is 11.3 Å². The molecule has 1 aromatic carbocycles. The number of rotatable bonds is 4. The lowest BCUT2D eigenvalue weighted by Crippen LogP contribution is -2.20. The Morgan fingerprint density at radius 2 is 1.83 bits per heavy atom. The van der Waals surface area contributed by atoms with Crippen molar-refractivity contribution in [2.45, 2.75) is 12.8 Å². The molecule has 5 nitrogen and oxygen atoms in total. The predicted octanol–water partition coefficient (Wildman–Crippen LogP) is 3.99. The second kappa shape index (κ2) is 6.34. The SMILES string of the molecule is c1cc(Oc2ccc(-c3cscn3)cc2)nc(N2CCCC2)n1. The Morgan fingerprint density at radius 3 is 2.57 bits per heavy atom. The summed E-state index contributed by atoms with van der Waals surface area (Å²) in [5.74, 6) is 2.08. The Labute approximate surface area is 138 Å². The van der Waals surface area contributed by atoms with E-state index in [0.717, 1.165) is 36.0 Å². The van der Waals surface area contributed by atoms with Crippen LogP contribution in [0.3, 0.4) is 0 Å². The molecule has 116 valence electrons. The summed E-state index contributed by atoms with van der Waals surface area (Å²) in [6.07, 6.45) is 4.15. The molecule has 1 aliphatic heterocycles. The quantitative estimate of drug-likeness (QED) is 0.726. The van der Waals surface area contributed by atoms with Crippen molar-refractivity contribution in [3.63, 3.8) is 0 Å². The lowest BCUT2D eigenvalue weighted by molar-refractivity contribution is 0.461. The summed E-state index contributed by atoms with van der Waals surface area (Å²) in [5.41, 5.74) is 3.90. The van der Waals surface area contributed by atoms with E-state index in [1.807, 2.05) is 35.2 Å². The molecule has 2 aromatic heterocycles. The van der Waals surface area contributed by atoms with Gasteiger partial charge >= 0.3 is 0 Å². The third-order valence-electron chi connectivity index (χ3n) is 3.81. The van der Waals surface area contributed by atoms with Crippen molar-refractivity contribution in [2.75, 3.05) is 18.0 Å². The van der Waals surface area contributed by atoms with E-state index in [-0.39, 0.29) is 0 Å². The molecule has 6 heteroatoms. The average Bonchev–Trinajstić information content (AvgIpc) is 3.30. The van der Waals surface area contributed by atoms with E-state index in [4.69, 9.17) is 4.74 Å². The molecule has 3 aromatic rings. The summed E-state index contributed by atoms with van der Waals surface area (Å²) in [4.78, 5) is 15.3. The highest BCUT2D eigenvalue weighted by atomic mass is 32.1. The average molecular weight is 324 g/mol. The minimum atomic E-state index is 0.573. The van der Waals surface area contributed by atoms with Crippen LogP contribution in [0.2, 0.25) is 0 Å². The van der Waals surface area contributed by atoms with Crippen LogP contribution in [0.15, 0.2) is 47.4 Å². The summed E-state index contributed by atoms with van der Waals surface area (Å²) in [6, 6.07) is 9.67. The second-order valence-corrected chi connectivity index (χ2v) is 6.11. The number of anilines is 1. The molecule has 1 aliphatic rings. The van der Waals surface area contributed by atoms with E-state index < -0.39 is 0 Å². The number of nitrogens with zero attached hydrogens (tertiary/aromatic N) is 4. The Hall–Kier alpha value is -2.47. The molecule has 0 aliphatic carbocycles. The fourth-order valence-corrected chi connectivity index (χ4v) is 3.19. The third-order valence-corrected chi connectivity index (χ3v) is 4.40. The van der Waals surface area contributed by atoms with Gasteiger partial charge in [-0.25, -0.2) is 9.97 Å². The van der Waals surface area contributed by atoms with Gasteiger partial charge in [0.1, 0.15) is 5.75 Å². The minimum absolute atomic E-state index is 0.573. The van der Waals surface area contributed by atoms with E-state index in [1.165, 1.54) is 12.8 Å². The molecule has 0 atom stereocenters. The van der Waals surface area contributed by atoms with Crippen LogP contribution < -0.4 is 9.64 Å². The topological polar surface area (TPSA) is 51.1 Å². The lowest BCUT2D eigenvalue weighted by atomic mass is 10.2.